The monoisotopic (exact) mass is 266 g/mol. The van der Waals surface area contributed by atoms with E-state index in [1.54, 1.807) is 6.07 Å². The summed E-state index contributed by atoms with van der Waals surface area (Å²) in [5.41, 5.74) is 8.24. The molecule has 0 bridgehead atoms. The average molecular weight is 267 g/mol. The van der Waals surface area contributed by atoms with Crippen LogP contribution in [0.15, 0.2) is 42.5 Å². The van der Waals surface area contributed by atoms with Crippen LogP contribution in [0.4, 0.5) is 11.4 Å². The zero-order valence-corrected chi connectivity index (χ0v) is 10.6. The summed E-state index contributed by atoms with van der Waals surface area (Å²) in [7, 11) is 0. The lowest BCUT2D eigenvalue weighted by Gasteiger charge is -2.09. The average Bonchev–Trinajstić information content (AvgIpc) is 2.28. The van der Waals surface area contributed by atoms with Gasteiger partial charge in [-0.3, -0.25) is 0 Å². The van der Waals surface area contributed by atoms with E-state index in [0.29, 0.717) is 17.3 Å². The summed E-state index contributed by atoms with van der Waals surface area (Å²) in [6.45, 7) is 0.671. The summed E-state index contributed by atoms with van der Waals surface area (Å²) in [6, 6.07) is 13.1. The first-order valence-electron chi connectivity index (χ1n) is 5.18. The minimum Gasteiger partial charge on any atom is -0.399 e. The van der Waals surface area contributed by atoms with Crippen LogP contribution in [0.1, 0.15) is 5.56 Å². The van der Waals surface area contributed by atoms with Crippen molar-refractivity contribution in [2.45, 2.75) is 6.54 Å². The van der Waals surface area contributed by atoms with E-state index < -0.39 is 0 Å². The van der Waals surface area contributed by atoms with E-state index >= 15 is 0 Å². The van der Waals surface area contributed by atoms with Gasteiger partial charge in [-0.15, -0.1) is 0 Å². The summed E-state index contributed by atoms with van der Waals surface area (Å²) < 4.78 is 0. The first kappa shape index (κ1) is 12.1. The molecule has 17 heavy (non-hydrogen) atoms. The minimum atomic E-state index is 0.618. The molecule has 0 saturated heterocycles. The zero-order valence-electron chi connectivity index (χ0n) is 9.08. The van der Waals surface area contributed by atoms with Crippen LogP contribution in [0.3, 0.4) is 0 Å². The predicted molar refractivity (Wildman–Crippen MR) is 74.6 cm³/mol. The van der Waals surface area contributed by atoms with Crippen LogP contribution in [0.25, 0.3) is 0 Å². The van der Waals surface area contributed by atoms with Gasteiger partial charge in [0, 0.05) is 17.3 Å². The smallest absolute Gasteiger partial charge is 0.0658 e. The highest BCUT2D eigenvalue weighted by molar-refractivity contribution is 6.33. The third-order valence-corrected chi connectivity index (χ3v) is 2.91. The first-order chi connectivity index (χ1) is 8.15. The van der Waals surface area contributed by atoms with Crippen molar-refractivity contribution in [1.29, 1.82) is 0 Å². The summed E-state index contributed by atoms with van der Waals surface area (Å²) in [6.07, 6.45) is 0. The number of hydrogen-bond acceptors (Lipinski definition) is 2. The minimum absolute atomic E-state index is 0.618. The van der Waals surface area contributed by atoms with Gasteiger partial charge in [-0.2, -0.15) is 0 Å². The highest BCUT2D eigenvalue weighted by Crippen LogP contribution is 2.24. The molecule has 0 amide bonds. The molecule has 0 fully saturated rings. The Kier molecular flexibility index (Phi) is 3.77. The maximum absolute atomic E-state index is 6.06. The third-order valence-electron chi connectivity index (χ3n) is 2.37. The molecule has 2 nitrogen and oxygen atoms in total. The normalized spacial score (nSPS) is 10.2. The molecule has 88 valence electrons. The van der Waals surface area contributed by atoms with E-state index in [4.69, 9.17) is 28.9 Å². The lowest BCUT2D eigenvalue weighted by Crippen LogP contribution is -2.00. The predicted octanol–water partition coefficient (Wildman–Crippen LogP) is 4.19. The van der Waals surface area contributed by atoms with Crippen LogP contribution in [0.2, 0.25) is 10.0 Å². The zero-order chi connectivity index (χ0) is 12.3. The molecule has 4 heteroatoms. The van der Waals surface area contributed by atoms with Crippen molar-refractivity contribution in [3.63, 3.8) is 0 Å². The molecule has 0 aliphatic heterocycles. The van der Waals surface area contributed by atoms with Crippen molar-refractivity contribution in [1.82, 2.24) is 0 Å². The quantitative estimate of drug-likeness (QED) is 0.818. The topological polar surface area (TPSA) is 38.0 Å². The number of rotatable bonds is 3. The Morgan fingerprint density at radius 3 is 2.59 bits per heavy atom. The second-order valence-electron chi connectivity index (χ2n) is 3.72. The van der Waals surface area contributed by atoms with Gasteiger partial charge in [0.15, 0.2) is 0 Å². The van der Waals surface area contributed by atoms with Gasteiger partial charge in [-0.25, -0.2) is 0 Å². The second kappa shape index (κ2) is 5.30. The molecule has 0 atom stereocenters. The van der Waals surface area contributed by atoms with Crippen LogP contribution in [0.5, 0.6) is 0 Å². The van der Waals surface area contributed by atoms with E-state index in [-0.39, 0.29) is 0 Å². The van der Waals surface area contributed by atoms with Crippen LogP contribution in [-0.2, 0) is 6.54 Å². The second-order valence-corrected chi connectivity index (χ2v) is 4.57. The number of halogens is 2. The molecule has 2 aromatic rings. The van der Waals surface area contributed by atoms with Crippen molar-refractivity contribution >= 4 is 34.6 Å². The van der Waals surface area contributed by atoms with Gasteiger partial charge in [0.05, 0.1) is 10.7 Å². The van der Waals surface area contributed by atoms with Crippen molar-refractivity contribution in [2.75, 3.05) is 11.1 Å². The molecule has 2 rings (SSSR count). The number of nitrogens with one attached hydrogen (secondary N) is 1. The Labute approximate surface area is 110 Å². The lowest BCUT2D eigenvalue weighted by molar-refractivity contribution is 1.15. The van der Waals surface area contributed by atoms with Crippen molar-refractivity contribution < 1.29 is 0 Å². The van der Waals surface area contributed by atoms with Gasteiger partial charge in [0.25, 0.3) is 0 Å². The maximum Gasteiger partial charge on any atom is 0.0658 e. The fourth-order valence-electron chi connectivity index (χ4n) is 1.52. The van der Waals surface area contributed by atoms with Crippen molar-refractivity contribution in [2.24, 2.45) is 0 Å². The Morgan fingerprint density at radius 1 is 1.06 bits per heavy atom. The van der Waals surface area contributed by atoms with Crippen molar-refractivity contribution in [3.8, 4) is 0 Å². The van der Waals surface area contributed by atoms with Gasteiger partial charge >= 0.3 is 0 Å². The first-order valence-corrected chi connectivity index (χ1v) is 5.94. The van der Waals surface area contributed by atoms with Crippen LogP contribution in [-0.4, -0.2) is 0 Å². The summed E-state index contributed by atoms with van der Waals surface area (Å²) in [5, 5.41) is 4.58. The van der Waals surface area contributed by atoms with E-state index in [0.717, 1.165) is 16.3 Å². The molecular formula is C13H12Cl2N2. The molecule has 0 spiro atoms. The number of hydrogen-bond donors (Lipinski definition) is 2. The van der Waals surface area contributed by atoms with Crippen LogP contribution < -0.4 is 11.1 Å². The molecule has 2 aromatic carbocycles. The van der Waals surface area contributed by atoms with Gasteiger partial charge in [0.2, 0.25) is 0 Å². The Bertz CT molecular complexity index is 527. The molecule has 0 radical (unpaired) electrons. The number of anilines is 2. The fraction of sp³-hybridized carbons (Fsp3) is 0.0769. The van der Waals surface area contributed by atoms with E-state index in [1.807, 2.05) is 36.4 Å². The third kappa shape index (κ3) is 3.29. The number of nitrogens with two attached hydrogens (primary N) is 1. The van der Waals surface area contributed by atoms with Gasteiger partial charge in [0.1, 0.15) is 0 Å². The standard InChI is InChI=1S/C13H12Cl2N2/c14-10-3-1-2-9(6-10)8-17-13-5-4-11(16)7-12(13)15/h1-7,17H,8,16H2. The Morgan fingerprint density at radius 2 is 1.88 bits per heavy atom. The molecule has 0 aliphatic carbocycles. The highest BCUT2D eigenvalue weighted by atomic mass is 35.5. The van der Waals surface area contributed by atoms with Gasteiger partial charge < -0.3 is 11.1 Å². The van der Waals surface area contributed by atoms with Crippen LogP contribution >= 0.6 is 23.2 Å². The van der Waals surface area contributed by atoms with Crippen LogP contribution in [0, 0.1) is 0 Å². The van der Waals surface area contributed by atoms with E-state index in [1.165, 1.54) is 0 Å². The lowest BCUT2D eigenvalue weighted by atomic mass is 10.2. The molecule has 3 N–H and O–H groups in total. The summed E-state index contributed by atoms with van der Waals surface area (Å²) in [5.74, 6) is 0. The highest BCUT2D eigenvalue weighted by Gasteiger charge is 2.00. The molecule has 0 aromatic heterocycles. The molecule has 0 saturated carbocycles. The van der Waals surface area contributed by atoms with E-state index in [2.05, 4.69) is 5.32 Å². The molecule has 0 aliphatic rings. The van der Waals surface area contributed by atoms with Crippen molar-refractivity contribution in [3.05, 3.63) is 58.1 Å². The number of nitrogen functional groups attached to an aromatic ring is 1. The molecule has 0 unspecified atom stereocenters. The summed E-state index contributed by atoms with van der Waals surface area (Å²) >= 11 is 12.0. The Hall–Kier alpha value is -1.38. The van der Waals surface area contributed by atoms with Gasteiger partial charge in [-0.05, 0) is 35.9 Å². The number of benzene rings is 2. The van der Waals surface area contributed by atoms with E-state index in [9.17, 15) is 0 Å². The maximum atomic E-state index is 6.06. The molecule has 0 heterocycles. The fourth-order valence-corrected chi connectivity index (χ4v) is 1.99. The largest absolute Gasteiger partial charge is 0.399 e. The SMILES string of the molecule is Nc1ccc(NCc2cccc(Cl)c2)c(Cl)c1. The molecular weight excluding hydrogens is 255 g/mol. The Balaban J connectivity index is 2.07. The summed E-state index contributed by atoms with van der Waals surface area (Å²) in [4.78, 5) is 0. The van der Waals surface area contributed by atoms with Gasteiger partial charge in [-0.1, -0.05) is 35.3 Å².